The van der Waals surface area contributed by atoms with E-state index in [1.807, 2.05) is 28.7 Å². The van der Waals surface area contributed by atoms with Crippen molar-refractivity contribution < 1.29 is 9.32 Å². The van der Waals surface area contributed by atoms with Crippen LogP contribution < -0.4 is 10.9 Å². The maximum Gasteiger partial charge on any atom is 0.263 e. The molecule has 3 heterocycles. The molecule has 0 bridgehead atoms. The van der Waals surface area contributed by atoms with Crippen molar-refractivity contribution in [1.29, 1.82) is 0 Å². The van der Waals surface area contributed by atoms with E-state index in [2.05, 4.69) is 20.7 Å². The smallest absolute Gasteiger partial charge is 0.263 e. The van der Waals surface area contributed by atoms with Crippen molar-refractivity contribution in [2.24, 2.45) is 0 Å². The number of fused-ring (bicyclic) bond motifs is 3. The van der Waals surface area contributed by atoms with Gasteiger partial charge in [0.1, 0.15) is 5.76 Å². The summed E-state index contributed by atoms with van der Waals surface area (Å²) in [6.45, 7) is 1.76. The van der Waals surface area contributed by atoms with Gasteiger partial charge in [0.25, 0.3) is 5.56 Å². The lowest BCUT2D eigenvalue weighted by Crippen LogP contribution is -2.26. The van der Waals surface area contributed by atoms with Crippen molar-refractivity contribution >= 4 is 40.2 Å². The quantitative estimate of drug-likeness (QED) is 0.490. The summed E-state index contributed by atoms with van der Waals surface area (Å²) in [4.78, 5) is 25.5. The number of aromatic nitrogens is 5. The van der Waals surface area contributed by atoms with Gasteiger partial charge in [-0.1, -0.05) is 41.9 Å². The molecule has 10 heteroatoms. The lowest BCUT2D eigenvalue weighted by atomic mass is 10.2. The third kappa shape index (κ3) is 3.26. The van der Waals surface area contributed by atoms with Crippen LogP contribution in [0, 0.1) is 6.92 Å². The van der Waals surface area contributed by atoms with Gasteiger partial charge >= 0.3 is 0 Å². The average molecular weight is 424 g/mol. The Morgan fingerprint density at radius 3 is 2.83 bits per heavy atom. The van der Waals surface area contributed by atoms with E-state index in [1.54, 1.807) is 17.6 Å². The maximum absolute atomic E-state index is 13.2. The first-order valence-electron chi connectivity index (χ1n) is 9.86. The molecule has 1 aliphatic rings. The first-order valence-corrected chi connectivity index (χ1v) is 10.8. The number of aryl methyl sites for hydroxylation is 1. The largest absolute Gasteiger partial charge is 0.360 e. The highest BCUT2D eigenvalue weighted by atomic mass is 32.2. The molecule has 1 fully saturated rings. The van der Waals surface area contributed by atoms with Crippen LogP contribution in [-0.2, 0) is 4.79 Å². The summed E-state index contributed by atoms with van der Waals surface area (Å²) in [6, 6.07) is 9.24. The molecule has 1 saturated carbocycles. The highest BCUT2D eigenvalue weighted by Gasteiger charge is 2.24. The number of hydrogen-bond acceptors (Lipinski definition) is 7. The van der Waals surface area contributed by atoms with Gasteiger partial charge in [0.2, 0.25) is 11.7 Å². The SMILES string of the molecule is Cc1cc(NC(=O)CSc2nnc3n(C4CCCC4)c(=O)c4ccccc4n23)no1. The Morgan fingerprint density at radius 1 is 1.27 bits per heavy atom. The van der Waals surface area contributed by atoms with Gasteiger partial charge < -0.3 is 9.84 Å². The molecule has 0 aliphatic heterocycles. The van der Waals surface area contributed by atoms with Gasteiger partial charge in [-0.15, -0.1) is 10.2 Å². The molecular weight excluding hydrogens is 404 g/mol. The fourth-order valence-electron chi connectivity index (χ4n) is 4.02. The lowest BCUT2D eigenvalue weighted by molar-refractivity contribution is -0.113. The highest BCUT2D eigenvalue weighted by Crippen LogP contribution is 2.31. The fraction of sp³-hybridized carbons (Fsp3) is 0.350. The van der Waals surface area contributed by atoms with Crippen molar-refractivity contribution in [3.05, 3.63) is 46.4 Å². The van der Waals surface area contributed by atoms with E-state index in [9.17, 15) is 9.59 Å². The molecule has 0 spiro atoms. The Labute approximate surface area is 175 Å². The molecule has 1 N–H and O–H groups in total. The molecule has 154 valence electrons. The van der Waals surface area contributed by atoms with Crippen molar-refractivity contribution in [2.75, 3.05) is 11.1 Å². The summed E-state index contributed by atoms with van der Waals surface area (Å²) in [7, 11) is 0. The van der Waals surface area contributed by atoms with Crippen LogP contribution in [0.15, 0.2) is 44.8 Å². The minimum Gasteiger partial charge on any atom is -0.360 e. The summed E-state index contributed by atoms with van der Waals surface area (Å²) in [5, 5.41) is 16.3. The number of anilines is 1. The molecule has 1 aliphatic carbocycles. The number of carbonyl (C=O) groups is 1. The molecule has 0 saturated heterocycles. The van der Waals surface area contributed by atoms with Crippen LogP contribution in [0.25, 0.3) is 16.7 Å². The maximum atomic E-state index is 13.2. The third-order valence-electron chi connectivity index (χ3n) is 5.34. The number of nitrogens with one attached hydrogen (secondary N) is 1. The van der Waals surface area contributed by atoms with Crippen LogP contribution in [0.5, 0.6) is 0 Å². The zero-order valence-electron chi connectivity index (χ0n) is 16.4. The monoisotopic (exact) mass is 424 g/mol. The number of rotatable bonds is 5. The predicted molar refractivity (Wildman–Crippen MR) is 113 cm³/mol. The summed E-state index contributed by atoms with van der Waals surface area (Å²) < 4.78 is 8.63. The first kappa shape index (κ1) is 18.9. The Morgan fingerprint density at radius 2 is 2.07 bits per heavy atom. The molecule has 4 aromatic rings. The Bertz CT molecular complexity index is 1300. The second kappa shape index (κ2) is 7.60. The Balaban J connectivity index is 1.51. The summed E-state index contributed by atoms with van der Waals surface area (Å²) >= 11 is 1.27. The summed E-state index contributed by atoms with van der Waals surface area (Å²) in [5.74, 6) is 1.44. The highest BCUT2D eigenvalue weighted by molar-refractivity contribution is 7.99. The van der Waals surface area contributed by atoms with Crippen LogP contribution >= 0.6 is 11.8 Å². The molecule has 30 heavy (non-hydrogen) atoms. The zero-order chi connectivity index (χ0) is 20.7. The lowest BCUT2D eigenvalue weighted by Gasteiger charge is -2.16. The topological polar surface area (TPSA) is 107 Å². The van der Waals surface area contributed by atoms with E-state index in [0.717, 1.165) is 31.2 Å². The van der Waals surface area contributed by atoms with Crippen LogP contribution in [0.4, 0.5) is 5.82 Å². The van der Waals surface area contributed by atoms with Crippen LogP contribution in [0.2, 0.25) is 0 Å². The molecular formula is C20H20N6O3S. The Hall–Kier alpha value is -3.14. The third-order valence-corrected chi connectivity index (χ3v) is 6.27. The van der Waals surface area contributed by atoms with Crippen molar-refractivity contribution in [3.8, 4) is 0 Å². The molecule has 1 aromatic carbocycles. The van der Waals surface area contributed by atoms with Crippen molar-refractivity contribution in [2.45, 2.75) is 43.8 Å². The summed E-state index contributed by atoms with van der Waals surface area (Å²) in [6.07, 6.45) is 4.13. The van der Waals surface area contributed by atoms with Gasteiger partial charge in [-0.3, -0.25) is 18.6 Å². The first-order chi connectivity index (χ1) is 14.6. The van der Waals surface area contributed by atoms with Gasteiger partial charge in [-0.2, -0.15) is 0 Å². The van der Waals surface area contributed by atoms with E-state index >= 15 is 0 Å². The number of para-hydroxylation sites is 1. The fourth-order valence-corrected chi connectivity index (χ4v) is 4.76. The van der Waals surface area contributed by atoms with E-state index in [1.165, 1.54) is 11.8 Å². The van der Waals surface area contributed by atoms with Gasteiger partial charge in [-0.25, -0.2) is 0 Å². The average Bonchev–Trinajstić information content (AvgIpc) is 3.49. The normalized spacial score (nSPS) is 14.7. The van der Waals surface area contributed by atoms with Crippen LogP contribution in [-0.4, -0.2) is 36.0 Å². The molecule has 0 unspecified atom stereocenters. The predicted octanol–water partition coefficient (Wildman–Crippen LogP) is 3.19. The van der Waals surface area contributed by atoms with Crippen LogP contribution in [0.1, 0.15) is 37.5 Å². The van der Waals surface area contributed by atoms with Crippen molar-refractivity contribution in [1.82, 2.24) is 24.3 Å². The van der Waals surface area contributed by atoms with Gasteiger partial charge in [0.05, 0.1) is 16.7 Å². The number of nitrogens with zero attached hydrogens (tertiary/aromatic N) is 5. The minimum atomic E-state index is -0.224. The number of amides is 1. The minimum absolute atomic E-state index is 0.0342. The van der Waals surface area contributed by atoms with Gasteiger partial charge in [-0.05, 0) is 31.9 Å². The van der Waals surface area contributed by atoms with E-state index < -0.39 is 0 Å². The molecule has 5 rings (SSSR count). The second-order valence-electron chi connectivity index (χ2n) is 7.41. The van der Waals surface area contributed by atoms with Gasteiger partial charge in [0.15, 0.2) is 11.0 Å². The standard InChI is InChI=1S/C20H20N6O3S/c1-12-10-16(24-29-12)21-17(27)11-30-20-23-22-19-25(13-6-2-3-7-13)18(28)14-8-4-5-9-15(14)26(19)20/h4-5,8-10,13H,2-3,6-7,11H2,1H3,(H,21,24,27). The molecule has 0 atom stereocenters. The number of hydrogen-bond donors (Lipinski definition) is 1. The van der Waals surface area contributed by atoms with E-state index in [0.29, 0.717) is 27.9 Å². The Kier molecular flexibility index (Phi) is 4.78. The van der Waals surface area contributed by atoms with E-state index in [-0.39, 0.29) is 23.3 Å². The number of thioether (sulfide) groups is 1. The molecule has 3 aromatic heterocycles. The molecule has 9 nitrogen and oxygen atoms in total. The number of benzene rings is 1. The second-order valence-corrected chi connectivity index (χ2v) is 8.35. The molecule has 1 amide bonds. The summed E-state index contributed by atoms with van der Waals surface area (Å²) in [5.41, 5.74) is 0.708. The number of carbonyl (C=O) groups excluding carboxylic acids is 1. The van der Waals surface area contributed by atoms with Crippen LogP contribution in [0.3, 0.4) is 0 Å². The van der Waals surface area contributed by atoms with E-state index in [4.69, 9.17) is 4.52 Å². The van der Waals surface area contributed by atoms with Crippen molar-refractivity contribution in [3.63, 3.8) is 0 Å². The van der Waals surface area contributed by atoms with Gasteiger partial charge in [0, 0.05) is 12.1 Å². The zero-order valence-corrected chi connectivity index (χ0v) is 17.2. The molecule has 0 radical (unpaired) electrons.